The Morgan fingerprint density at radius 2 is 2.33 bits per heavy atom. The zero-order chi connectivity index (χ0) is 12.5. The monoisotopic (exact) mass is 242 g/mol. The van der Waals surface area contributed by atoms with E-state index in [-0.39, 0.29) is 6.10 Å². The van der Waals surface area contributed by atoms with E-state index in [9.17, 15) is 5.11 Å². The van der Waals surface area contributed by atoms with Gasteiger partial charge in [-0.25, -0.2) is 4.98 Å². The highest BCUT2D eigenvalue weighted by atomic mass is 16.3. The van der Waals surface area contributed by atoms with E-state index in [4.69, 9.17) is 0 Å². The van der Waals surface area contributed by atoms with Gasteiger partial charge in [0.05, 0.1) is 11.8 Å². The van der Waals surface area contributed by atoms with Crippen molar-refractivity contribution in [2.45, 2.75) is 38.7 Å². The molecule has 1 heterocycles. The third-order valence-corrected chi connectivity index (χ3v) is 3.52. The second kappa shape index (κ2) is 4.58. The molecule has 94 valence electrons. The molecule has 0 fully saturated rings. The van der Waals surface area contributed by atoms with E-state index in [2.05, 4.69) is 41.2 Å². The first-order valence-corrected chi connectivity index (χ1v) is 6.51. The molecule has 1 unspecified atom stereocenters. The maximum atomic E-state index is 9.64. The van der Waals surface area contributed by atoms with E-state index in [1.165, 1.54) is 11.1 Å². The summed E-state index contributed by atoms with van der Waals surface area (Å²) in [5, 5.41) is 9.64. The van der Waals surface area contributed by atoms with Crippen molar-refractivity contribution in [1.29, 1.82) is 0 Å². The van der Waals surface area contributed by atoms with Gasteiger partial charge in [0.2, 0.25) is 0 Å². The molecule has 0 spiro atoms. The number of rotatable bonds is 2. The van der Waals surface area contributed by atoms with Crippen LogP contribution in [0, 0.1) is 6.92 Å². The Balaban J connectivity index is 1.82. The van der Waals surface area contributed by atoms with E-state index in [1.54, 1.807) is 0 Å². The molecule has 0 bridgehead atoms. The highest BCUT2D eigenvalue weighted by molar-refractivity contribution is 5.27. The Labute approximate surface area is 107 Å². The number of aliphatic hydroxyl groups is 1. The lowest BCUT2D eigenvalue weighted by Gasteiger charge is -2.14. The molecule has 0 amide bonds. The quantitative estimate of drug-likeness (QED) is 0.847. The minimum absolute atomic E-state index is 0.204. The molecule has 3 nitrogen and oxygen atoms in total. The van der Waals surface area contributed by atoms with Crippen LogP contribution in [0.3, 0.4) is 0 Å². The van der Waals surface area contributed by atoms with Gasteiger partial charge in [0.1, 0.15) is 5.82 Å². The first-order chi connectivity index (χ1) is 8.70. The molecule has 1 atom stereocenters. The van der Waals surface area contributed by atoms with Crippen molar-refractivity contribution < 1.29 is 5.11 Å². The standard InChI is InChI=1S/C15H18N2O/c1-10-3-2-4-11(7-10)8-15-16-13-6-5-12(18)9-14(13)17-15/h2-4,7,12,18H,5-6,8-9H2,1H3,(H,16,17). The van der Waals surface area contributed by atoms with Crippen LogP contribution in [0.1, 0.15) is 34.8 Å². The molecule has 2 aromatic rings. The van der Waals surface area contributed by atoms with Gasteiger partial charge in [0, 0.05) is 18.5 Å². The number of aromatic nitrogens is 2. The summed E-state index contributed by atoms with van der Waals surface area (Å²) in [6.07, 6.45) is 3.08. The summed E-state index contributed by atoms with van der Waals surface area (Å²) < 4.78 is 0. The normalized spacial score (nSPS) is 18.7. The Morgan fingerprint density at radius 1 is 1.44 bits per heavy atom. The summed E-state index contributed by atoms with van der Waals surface area (Å²) in [5.41, 5.74) is 4.82. The number of H-pyrrole nitrogens is 1. The number of hydrogen-bond acceptors (Lipinski definition) is 2. The molecule has 1 aliphatic rings. The van der Waals surface area contributed by atoms with Crippen molar-refractivity contribution in [3.8, 4) is 0 Å². The van der Waals surface area contributed by atoms with Crippen molar-refractivity contribution in [3.63, 3.8) is 0 Å². The predicted octanol–water partition coefficient (Wildman–Crippen LogP) is 2.16. The molecule has 3 rings (SSSR count). The number of aliphatic hydroxyl groups excluding tert-OH is 1. The van der Waals surface area contributed by atoms with Crippen LogP contribution in [0.5, 0.6) is 0 Å². The van der Waals surface area contributed by atoms with Crippen molar-refractivity contribution in [1.82, 2.24) is 9.97 Å². The van der Waals surface area contributed by atoms with Gasteiger partial charge in [-0.1, -0.05) is 29.8 Å². The van der Waals surface area contributed by atoms with Gasteiger partial charge < -0.3 is 10.1 Å². The van der Waals surface area contributed by atoms with Gasteiger partial charge in [0.25, 0.3) is 0 Å². The van der Waals surface area contributed by atoms with Crippen LogP contribution in [0.15, 0.2) is 24.3 Å². The van der Waals surface area contributed by atoms with E-state index in [0.717, 1.165) is 42.9 Å². The smallest absolute Gasteiger partial charge is 0.110 e. The second-order valence-corrected chi connectivity index (χ2v) is 5.17. The van der Waals surface area contributed by atoms with E-state index < -0.39 is 0 Å². The fourth-order valence-electron chi connectivity index (χ4n) is 2.62. The first kappa shape index (κ1) is 11.5. The minimum atomic E-state index is -0.204. The molecular weight excluding hydrogens is 224 g/mol. The lowest BCUT2D eigenvalue weighted by atomic mass is 9.99. The van der Waals surface area contributed by atoms with Gasteiger partial charge >= 0.3 is 0 Å². The van der Waals surface area contributed by atoms with Crippen LogP contribution >= 0.6 is 0 Å². The molecule has 0 saturated heterocycles. The lowest BCUT2D eigenvalue weighted by molar-refractivity contribution is 0.157. The Bertz CT molecular complexity index is 559. The topological polar surface area (TPSA) is 48.9 Å². The van der Waals surface area contributed by atoms with Gasteiger partial charge in [-0.15, -0.1) is 0 Å². The maximum absolute atomic E-state index is 9.64. The largest absolute Gasteiger partial charge is 0.393 e. The minimum Gasteiger partial charge on any atom is -0.393 e. The number of aryl methyl sites for hydroxylation is 2. The van der Waals surface area contributed by atoms with Gasteiger partial charge in [0.15, 0.2) is 0 Å². The average molecular weight is 242 g/mol. The van der Waals surface area contributed by atoms with Crippen molar-refractivity contribution in [2.75, 3.05) is 0 Å². The first-order valence-electron chi connectivity index (χ1n) is 6.51. The summed E-state index contributed by atoms with van der Waals surface area (Å²) in [5.74, 6) is 1.01. The zero-order valence-electron chi connectivity index (χ0n) is 10.6. The lowest BCUT2D eigenvalue weighted by Crippen LogP contribution is -2.18. The fraction of sp³-hybridized carbons (Fsp3) is 0.400. The molecule has 1 aromatic carbocycles. The fourth-order valence-corrected chi connectivity index (χ4v) is 2.62. The Hall–Kier alpha value is -1.61. The molecular formula is C15H18N2O. The summed E-state index contributed by atoms with van der Waals surface area (Å²) in [4.78, 5) is 8.00. The third-order valence-electron chi connectivity index (χ3n) is 3.52. The van der Waals surface area contributed by atoms with Crippen LogP contribution in [-0.4, -0.2) is 21.2 Å². The number of benzene rings is 1. The Morgan fingerprint density at radius 3 is 3.17 bits per heavy atom. The second-order valence-electron chi connectivity index (χ2n) is 5.17. The van der Waals surface area contributed by atoms with Gasteiger partial charge in [-0.3, -0.25) is 0 Å². The van der Waals surface area contributed by atoms with Crippen LogP contribution in [0.25, 0.3) is 0 Å². The summed E-state index contributed by atoms with van der Waals surface area (Å²) in [7, 11) is 0. The van der Waals surface area contributed by atoms with E-state index in [0.29, 0.717) is 0 Å². The molecule has 18 heavy (non-hydrogen) atoms. The summed E-state index contributed by atoms with van der Waals surface area (Å²) in [6, 6.07) is 8.50. The SMILES string of the molecule is Cc1cccc(Cc2nc3c([nH]2)CC(O)CC3)c1. The average Bonchev–Trinajstić information content (AvgIpc) is 2.70. The van der Waals surface area contributed by atoms with Crippen LogP contribution in [-0.2, 0) is 19.3 Å². The van der Waals surface area contributed by atoms with Gasteiger partial charge in [-0.05, 0) is 25.3 Å². The van der Waals surface area contributed by atoms with E-state index in [1.807, 2.05) is 0 Å². The van der Waals surface area contributed by atoms with Crippen molar-refractivity contribution in [2.24, 2.45) is 0 Å². The number of aromatic amines is 1. The summed E-state index contributed by atoms with van der Waals surface area (Å²) in [6.45, 7) is 2.10. The molecule has 1 aliphatic carbocycles. The maximum Gasteiger partial charge on any atom is 0.110 e. The van der Waals surface area contributed by atoms with Crippen LogP contribution in [0.4, 0.5) is 0 Å². The van der Waals surface area contributed by atoms with Crippen molar-refractivity contribution >= 4 is 0 Å². The predicted molar refractivity (Wildman–Crippen MR) is 70.6 cm³/mol. The number of fused-ring (bicyclic) bond motifs is 1. The molecule has 0 aliphatic heterocycles. The number of imidazole rings is 1. The number of hydrogen-bond donors (Lipinski definition) is 2. The third kappa shape index (κ3) is 2.31. The van der Waals surface area contributed by atoms with Crippen molar-refractivity contribution in [3.05, 3.63) is 52.6 Å². The molecule has 2 N–H and O–H groups in total. The number of nitrogens with zero attached hydrogens (tertiary/aromatic N) is 1. The van der Waals surface area contributed by atoms with Crippen LogP contribution < -0.4 is 0 Å². The van der Waals surface area contributed by atoms with Crippen LogP contribution in [0.2, 0.25) is 0 Å². The summed E-state index contributed by atoms with van der Waals surface area (Å²) >= 11 is 0. The molecule has 3 heteroatoms. The molecule has 0 saturated carbocycles. The highest BCUT2D eigenvalue weighted by Crippen LogP contribution is 2.20. The van der Waals surface area contributed by atoms with E-state index >= 15 is 0 Å². The molecule has 1 aromatic heterocycles. The van der Waals surface area contributed by atoms with Gasteiger partial charge in [-0.2, -0.15) is 0 Å². The zero-order valence-corrected chi connectivity index (χ0v) is 10.6. The Kier molecular flexibility index (Phi) is 2.92. The highest BCUT2D eigenvalue weighted by Gasteiger charge is 2.20. The number of nitrogens with one attached hydrogen (secondary N) is 1. The molecule has 0 radical (unpaired) electrons.